The van der Waals surface area contributed by atoms with Crippen LogP contribution in [0.5, 0.6) is 0 Å². The van der Waals surface area contributed by atoms with Crippen LogP contribution in [0.4, 0.5) is 20.4 Å². The van der Waals surface area contributed by atoms with Crippen LogP contribution < -0.4 is 10.6 Å². The van der Waals surface area contributed by atoms with E-state index in [0.29, 0.717) is 36.5 Å². The number of aryl methyl sites for hydroxylation is 2. The molecule has 0 fully saturated rings. The average molecular weight is 533 g/mol. The fraction of sp³-hybridized carbons (Fsp3) is 0.560. The first-order valence-electron chi connectivity index (χ1n) is 12.9. The minimum atomic E-state index is -2.52. The van der Waals surface area contributed by atoms with Crippen LogP contribution in [0.1, 0.15) is 36.9 Å². The third kappa shape index (κ3) is 8.02. The molecule has 11 nitrogen and oxygen atoms in total. The van der Waals surface area contributed by atoms with Gasteiger partial charge in [0.1, 0.15) is 30.6 Å². The second-order valence-electron chi connectivity index (χ2n) is 9.28. The summed E-state index contributed by atoms with van der Waals surface area (Å²) in [5.74, 6) is 0.353. The van der Waals surface area contributed by atoms with Crippen molar-refractivity contribution in [2.24, 2.45) is 0 Å². The molecule has 4 N–H and O–H groups in total. The number of alkyl halides is 2. The number of H-pyrrole nitrogens is 1. The summed E-state index contributed by atoms with van der Waals surface area (Å²) in [4.78, 5) is 27.0. The largest absolute Gasteiger partial charge is 0.480 e. The number of hydrogen-bond donors (Lipinski definition) is 4. The van der Waals surface area contributed by atoms with Gasteiger partial charge in [0.15, 0.2) is 5.65 Å². The number of aliphatic carboxylic acids is 1. The Balaban J connectivity index is 1.29. The highest BCUT2D eigenvalue weighted by atomic mass is 19.3. The molecule has 0 spiro atoms. The van der Waals surface area contributed by atoms with Gasteiger partial charge in [-0.25, -0.2) is 28.5 Å². The molecule has 4 rings (SSSR count). The second kappa shape index (κ2) is 13.9. The van der Waals surface area contributed by atoms with E-state index in [2.05, 4.69) is 47.8 Å². The molecule has 206 valence electrons. The van der Waals surface area contributed by atoms with Crippen molar-refractivity contribution in [2.75, 3.05) is 50.0 Å². The van der Waals surface area contributed by atoms with Gasteiger partial charge in [0.25, 0.3) is 6.43 Å². The number of anilines is 2. The van der Waals surface area contributed by atoms with Crippen molar-refractivity contribution >= 4 is 28.6 Å². The number of aromatic nitrogens is 5. The summed E-state index contributed by atoms with van der Waals surface area (Å²) in [6.07, 6.45) is 5.40. The molecular weight excluding hydrogens is 498 g/mol. The van der Waals surface area contributed by atoms with Crippen molar-refractivity contribution in [1.29, 1.82) is 0 Å². The van der Waals surface area contributed by atoms with E-state index in [9.17, 15) is 18.7 Å². The van der Waals surface area contributed by atoms with Crippen molar-refractivity contribution < 1.29 is 23.4 Å². The lowest BCUT2D eigenvalue weighted by Gasteiger charge is -2.24. The molecule has 3 aromatic heterocycles. The number of nitrogens with one attached hydrogen (secondary N) is 3. The minimum absolute atomic E-state index is 0.148. The maximum Gasteiger partial charge on any atom is 0.326 e. The van der Waals surface area contributed by atoms with Gasteiger partial charge in [-0.05, 0) is 56.7 Å². The van der Waals surface area contributed by atoms with Gasteiger partial charge in [0.05, 0.1) is 18.2 Å². The molecule has 1 aliphatic heterocycles. The highest BCUT2D eigenvalue weighted by Crippen LogP contribution is 2.21. The van der Waals surface area contributed by atoms with Crippen LogP contribution in [0.25, 0.3) is 11.0 Å². The number of nitrogens with zero attached hydrogens (tertiary/aromatic N) is 5. The zero-order valence-electron chi connectivity index (χ0n) is 21.2. The van der Waals surface area contributed by atoms with Gasteiger partial charge in [0, 0.05) is 25.3 Å². The number of aromatic amines is 1. The van der Waals surface area contributed by atoms with E-state index in [1.807, 2.05) is 0 Å². The van der Waals surface area contributed by atoms with Gasteiger partial charge >= 0.3 is 5.97 Å². The monoisotopic (exact) mass is 532 g/mol. The summed E-state index contributed by atoms with van der Waals surface area (Å²) < 4.78 is 30.0. The lowest BCUT2D eigenvalue weighted by atomic mass is 10.1. The Hall–Kier alpha value is -3.45. The first-order valence-corrected chi connectivity index (χ1v) is 12.9. The Bertz CT molecular complexity index is 1180. The number of rotatable bonds is 16. The lowest BCUT2D eigenvalue weighted by Crippen LogP contribution is -2.37. The summed E-state index contributed by atoms with van der Waals surface area (Å²) in [6.45, 7) is 2.05. The number of carboxylic acid groups (broad SMARTS) is 1. The molecule has 4 heterocycles. The molecule has 3 aromatic rings. The fourth-order valence-corrected chi connectivity index (χ4v) is 4.47. The smallest absolute Gasteiger partial charge is 0.326 e. The molecule has 0 saturated heterocycles. The number of carbonyl (C=O) groups is 1. The Labute approximate surface area is 219 Å². The molecule has 1 atom stereocenters. The normalized spacial score (nSPS) is 14.0. The standard InChI is InChI=1S/C25H34F2N8O3/c26-21(27)15-38-13-12-35(10-2-1-5-18-7-6-17-4-3-9-28-22(17)32-18)11-8-20(25(36)37)33-23-19-14-31-34-24(19)30-16-29-23/h6-7,14,16,20-21H,1-5,8-13,15H2,(H,28,32)(H,36,37)(H2,29,30,31,33,34). The average Bonchev–Trinajstić information content (AvgIpc) is 3.40. The SMILES string of the molecule is O=C(O)C(CCN(CCCCc1ccc2c(n1)NCCC2)CCOCC(F)F)Nc1ncnc2[nH]ncc12. The van der Waals surface area contributed by atoms with Crippen molar-refractivity contribution in [3.05, 3.63) is 35.9 Å². The van der Waals surface area contributed by atoms with Crippen LogP contribution in [0.3, 0.4) is 0 Å². The van der Waals surface area contributed by atoms with E-state index in [4.69, 9.17) is 9.72 Å². The maximum atomic E-state index is 12.5. The molecule has 13 heteroatoms. The van der Waals surface area contributed by atoms with Crippen LogP contribution in [0, 0.1) is 0 Å². The van der Waals surface area contributed by atoms with E-state index in [1.54, 1.807) is 0 Å². The molecule has 1 unspecified atom stereocenters. The predicted octanol–water partition coefficient (Wildman–Crippen LogP) is 2.97. The molecule has 0 aromatic carbocycles. The minimum Gasteiger partial charge on any atom is -0.480 e. The molecule has 0 saturated carbocycles. The van der Waals surface area contributed by atoms with Gasteiger partial charge < -0.3 is 25.4 Å². The Morgan fingerprint density at radius 1 is 1.21 bits per heavy atom. The Kier molecular flexibility index (Phi) is 10.1. The molecule has 0 aliphatic carbocycles. The first kappa shape index (κ1) is 27.6. The Morgan fingerprint density at radius 3 is 2.95 bits per heavy atom. The zero-order valence-corrected chi connectivity index (χ0v) is 21.2. The molecule has 0 radical (unpaired) electrons. The molecule has 38 heavy (non-hydrogen) atoms. The highest BCUT2D eigenvalue weighted by molar-refractivity contribution is 5.88. The third-order valence-electron chi connectivity index (χ3n) is 6.50. The van der Waals surface area contributed by atoms with Crippen LogP contribution in [0.2, 0.25) is 0 Å². The van der Waals surface area contributed by atoms with E-state index >= 15 is 0 Å². The van der Waals surface area contributed by atoms with E-state index < -0.39 is 25.0 Å². The van der Waals surface area contributed by atoms with Crippen LogP contribution in [-0.2, 0) is 22.4 Å². The molecule has 0 bridgehead atoms. The van der Waals surface area contributed by atoms with E-state index in [0.717, 1.165) is 50.2 Å². The quantitative estimate of drug-likeness (QED) is 0.204. The molecule has 1 aliphatic rings. The van der Waals surface area contributed by atoms with Crippen molar-refractivity contribution in [3.8, 4) is 0 Å². The predicted molar refractivity (Wildman–Crippen MR) is 139 cm³/mol. The number of pyridine rings is 1. The number of carboxylic acids is 1. The fourth-order valence-electron chi connectivity index (χ4n) is 4.47. The third-order valence-corrected chi connectivity index (χ3v) is 6.50. The highest BCUT2D eigenvalue weighted by Gasteiger charge is 2.21. The van der Waals surface area contributed by atoms with Crippen LogP contribution >= 0.6 is 0 Å². The summed E-state index contributed by atoms with van der Waals surface area (Å²) in [6, 6.07) is 3.32. The summed E-state index contributed by atoms with van der Waals surface area (Å²) in [5.41, 5.74) is 2.80. The van der Waals surface area contributed by atoms with Gasteiger partial charge in [-0.3, -0.25) is 5.10 Å². The van der Waals surface area contributed by atoms with Crippen LogP contribution in [-0.4, -0.2) is 93.0 Å². The number of ether oxygens (including phenoxy) is 1. The number of halogens is 2. The summed E-state index contributed by atoms with van der Waals surface area (Å²) in [7, 11) is 0. The maximum absolute atomic E-state index is 12.5. The van der Waals surface area contributed by atoms with Crippen molar-refractivity contribution in [3.63, 3.8) is 0 Å². The molecular formula is C25H34F2N8O3. The summed E-state index contributed by atoms with van der Waals surface area (Å²) in [5, 5.41) is 23.4. The molecule has 0 amide bonds. The van der Waals surface area contributed by atoms with E-state index in [-0.39, 0.29) is 13.0 Å². The number of unbranched alkanes of at least 4 members (excludes halogenated alkanes) is 1. The lowest BCUT2D eigenvalue weighted by molar-refractivity contribution is -0.138. The van der Waals surface area contributed by atoms with E-state index in [1.165, 1.54) is 18.1 Å². The van der Waals surface area contributed by atoms with Crippen molar-refractivity contribution in [1.82, 2.24) is 30.0 Å². The van der Waals surface area contributed by atoms with Crippen LogP contribution in [0.15, 0.2) is 24.7 Å². The van der Waals surface area contributed by atoms with Gasteiger partial charge in [-0.2, -0.15) is 5.10 Å². The first-order chi connectivity index (χ1) is 18.5. The number of fused-ring (bicyclic) bond motifs is 2. The Morgan fingerprint density at radius 2 is 2.11 bits per heavy atom. The zero-order chi connectivity index (χ0) is 26.7. The summed E-state index contributed by atoms with van der Waals surface area (Å²) >= 11 is 0. The van der Waals surface area contributed by atoms with Gasteiger partial charge in [-0.15, -0.1) is 0 Å². The number of hydrogen-bond acceptors (Lipinski definition) is 9. The topological polar surface area (TPSA) is 141 Å². The second-order valence-corrected chi connectivity index (χ2v) is 9.28. The van der Waals surface area contributed by atoms with Crippen molar-refractivity contribution in [2.45, 2.75) is 51.0 Å². The van der Waals surface area contributed by atoms with Gasteiger partial charge in [-0.1, -0.05) is 6.07 Å². The van der Waals surface area contributed by atoms with Gasteiger partial charge in [0.2, 0.25) is 0 Å².